The molecule has 3 rings (SSSR count). The molecule has 6 heteroatoms. The number of aromatic nitrogens is 1. The normalized spacial score (nSPS) is 13.8. The number of rotatable bonds is 7. The Bertz CT molecular complexity index is 1020. The maximum absolute atomic E-state index is 12.6. The molecule has 1 heterocycles. The van der Waals surface area contributed by atoms with Gasteiger partial charge >= 0.3 is 0 Å². The van der Waals surface area contributed by atoms with Gasteiger partial charge in [-0.25, -0.2) is 0 Å². The summed E-state index contributed by atoms with van der Waals surface area (Å²) in [5.41, 5.74) is 4.13. The van der Waals surface area contributed by atoms with Crippen molar-refractivity contribution >= 4 is 23.6 Å². The van der Waals surface area contributed by atoms with Crippen LogP contribution in [-0.4, -0.2) is 22.4 Å². The molecule has 0 unspecified atom stereocenters. The number of carbonyl (C=O) groups is 2. The largest absolute Gasteiger partial charge is 0.349 e. The summed E-state index contributed by atoms with van der Waals surface area (Å²) >= 11 is 0. The molecule has 0 bridgehead atoms. The Hall–Kier alpha value is -3.33. The highest BCUT2D eigenvalue weighted by atomic mass is 16.2. The van der Waals surface area contributed by atoms with Crippen LogP contribution < -0.4 is 10.6 Å². The number of nitrogens with one attached hydrogen (secondary N) is 2. The lowest BCUT2D eigenvalue weighted by Gasteiger charge is -2.12. The minimum atomic E-state index is -0.471. The molecule has 2 aromatic rings. The highest BCUT2D eigenvalue weighted by molar-refractivity contribution is 6.10. The average molecular weight is 405 g/mol. The van der Waals surface area contributed by atoms with E-state index >= 15 is 0 Å². The SMILES string of the molecule is Cc1cc(/C=C(\C#N)C(=O)Nc2ccc(C(=O)NC3CC3)cc2)c(C)n1CC(C)C. The van der Waals surface area contributed by atoms with Gasteiger partial charge in [0.1, 0.15) is 11.6 Å². The number of hydrogen-bond acceptors (Lipinski definition) is 3. The molecule has 0 aliphatic heterocycles. The zero-order valence-electron chi connectivity index (χ0n) is 18.0. The second kappa shape index (κ2) is 9.00. The second-order valence-corrected chi connectivity index (χ2v) is 8.28. The molecular formula is C24H28N4O2. The number of amides is 2. The van der Waals surface area contributed by atoms with E-state index in [-0.39, 0.29) is 11.5 Å². The third-order valence-electron chi connectivity index (χ3n) is 5.14. The third-order valence-corrected chi connectivity index (χ3v) is 5.14. The summed E-state index contributed by atoms with van der Waals surface area (Å²) in [7, 11) is 0. The molecule has 2 amide bonds. The number of hydrogen-bond donors (Lipinski definition) is 2. The number of nitrogens with zero attached hydrogens (tertiary/aromatic N) is 2. The zero-order valence-corrected chi connectivity index (χ0v) is 18.0. The summed E-state index contributed by atoms with van der Waals surface area (Å²) in [5.74, 6) is -0.0780. The van der Waals surface area contributed by atoms with Crippen LogP contribution in [0.15, 0.2) is 35.9 Å². The standard InChI is InChI=1S/C24H28N4O2/c1-15(2)14-28-16(3)11-19(17(28)4)12-20(13-25)24(30)27-21-7-5-18(6-8-21)23(29)26-22-9-10-22/h5-8,11-12,15,22H,9-10,14H2,1-4H3,(H,26,29)(H,27,30)/b20-12+. The van der Waals surface area contributed by atoms with E-state index in [4.69, 9.17) is 0 Å². The fraction of sp³-hybridized carbons (Fsp3) is 0.375. The van der Waals surface area contributed by atoms with Crippen molar-refractivity contribution in [2.75, 3.05) is 5.32 Å². The monoisotopic (exact) mass is 404 g/mol. The van der Waals surface area contributed by atoms with Crippen molar-refractivity contribution in [3.05, 3.63) is 58.4 Å². The van der Waals surface area contributed by atoms with Crippen LogP contribution in [0.1, 0.15) is 54.0 Å². The zero-order chi connectivity index (χ0) is 21.8. The summed E-state index contributed by atoms with van der Waals surface area (Å²) in [6.07, 6.45) is 3.69. The van der Waals surface area contributed by atoms with Gasteiger partial charge in [-0.05, 0) is 74.6 Å². The van der Waals surface area contributed by atoms with Gasteiger partial charge in [-0.1, -0.05) is 13.8 Å². The van der Waals surface area contributed by atoms with Crippen molar-refractivity contribution < 1.29 is 9.59 Å². The maximum Gasteiger partial charge on any atom is 0.266 e. The molecule has 30 heavy (non-hydrogen) atoms. The smallest absolute Gasteiger partial charge is 0.266 e. The van der Waals surface area contributed by atoms with Crippen molar-refractivity contribution in [3.63, 3.8) is 0 Å². The van der Waals surface area contributed by atoms with E-state index in [1.807, 2.05) is 26.0 Å². The molecule has 0 radical (unpaired) electrons. The molecule has 0 spiro atoms. The van der Waals surface area contributed by atoms with Crippen molar-refractivity contribution in [1.29, 1.82) is 5.26 Å². The van der Waals surface area contributed by atoms with Crippen LogP contribution in [0.2, 0.25) is 0 Å². The highest BCUT2D eigenvalue weighted by Gasteiger charge is 2.23. The van der Waals surface area contributed by atoms with Crippen LogP contribution in [0.3, 0.4) is 0 Å². The molecule has 1 fully saturated rings. The summed E-state index contributed by atoms with van der Waals surface area (Å²) in [4.78, 5) is 24.7. The molecule has 156 valence electrons. The van der Waals surface area contributed by atoms with E-state index in [2.05, 4.69) is 29.0 Å². The van der Waals surface area contributed by atoms with Crippen molar-refractivity contribution in [2.45, 2.75) is 53.1 Å². The Kier molecular flexibility index (Phi) is 6.41. The van der Waals surface area contributed by atoms with E-state index in [9.17, 15) is 14.9 Å². The summed E-state index contributed by atoms with van der Waals surface area (Å²) < 4.78 is 2.20. The molecule has 1 aromatic heterocycles. The first-order valence-corrected chi connectivity index (χ1v) is 10.3. The van der Waals surface area contributed by atoms with Crippen molar-refractivity contribution in [2.24, 2.45) is 5.92 Å². The van der Waals surface area contributed by atoms with Crippen LogP contribution in [0.4, 0.5) is 5.69 Å². The first-order chi connectivity index (χ1) is 14.3. The quantitative estimate of drug-likeness (QED) is 0.536. The van der Waals surface area contributed by atoms with E-state index in [0.717, 1.165) is 36.3 Å². The van der Waals surface area contributed by atoms with Gasteiger partial charge in [0.2, 0.25) is 0 Å². The van der Waals surface area contributed by atoms with Gasteiger partial charge in [0.05, 0.1) is 0 Å². The van der Waals surface area contributed by atoms with Crippen LogP contribution in [0, 0.1) is 31.1 Å². The van der Waals surface area contributed by atoms with Crippen LogP contribution in [0.5, 0.6) is 0 Å². The molecule has 1 saturated carbocycles. The molecule has 1 aromatic carbocycles. The molecular weight excluding hydrogens is 376 g/mol. The summed E-state index contributed by atoms with van der Waals surface area (Å²) in [6.45, 7) is 9.23. The van der Waals surface area contributed by atoms with Gasteiger partial charge in [0, 0.05) is 35.2 Å². The van der Waals surface area contributed by atoms with Gasteiger partial charge in [-0.3, -0.25) is 9.59 Å². The van der Waals surface area contributed by atoms with Crippen LogP contribution in [0.25, 0.3) is 6.08 Å². The predicted octanol–water partition coefficient (Wildman–Crippen LogP) is 4.20. The Balaban J connectivity index is 1.72. The van der Waals surface area contributed by atoms with Crippen molar-refractivity contribution in [1.82, 2.24) is 9.88 Å². The number of anilines is 1. The molecule has 1 aliphatic rings. The summed E-state index contributed by atoms with van der Waals surface area (Å²) in [6, 6.07) is 11.0. The second-order valence-electron chi connectivity index (χ2n) is 8.28. The third kappa shape index (κ3) is 5.18. The van der Waals surface area contributed by atoms with Gasteiger partial charge in [0.25, 0.3) is 11.8 Å². The van der Waals surface area contributed by atoms with Gasteiger partial charge in [-0.2, -0.15) is 5.26 Å². The lowest BCUT2D eigenvalue weighted by atomic mass is 10.1. The molecule has 0 atom stereocenters. The Morgan fingerprint density at radius 3 is 2.47 bits per heavy atom. The van der Waals surface area contributed by atoms with Crippen molar-refractivity contribution in [3.8, 4) is 6.07 Å². The Morgan fingerprint density at radius 2 is 1.90 bits per heavy atom. The van der Waals surface area contributed by atoms with E-state index in [0.29, 0.717) is 23.2 Å². The fourth-order valence-corrected chi connectivity index (χ4v) is 3.32. The summed E-state index contributed by atoms with van der Waals surface area (Å²) in [5, 5.41) is 15.2. The molecule has 1 aliphatic carbocycles. The molecule has 6 nitrogen and oxygen atoms in total. The van der Waals surface area contributed by atoms with Crippen LogP contribution >= 0.6 is 0 Å². The van der Waals surface area contributed by atoms with Gasteiger partial charge in [0.15, 0.2) is 0 Å². The number of nitriles is 1. The van der Waals surface area contributed by atoms with Crippen LogP contribution in [-0.2, 0) is 11.3 Å². The first kappa shape index (κ1) is 21.4. The Labute approximate surface area is 177 Å². The number of aryl methyl sites for hydroxylation is 1. The number of benzene rings is 1. The highest BCUT2D eigenvalue weighted by Crippen LogP contribution is 2.21. The van der Waals surface area contributed by atoms with E-state index < -0.39 is 5.91 Å². The van der Waals surface area contributed by atoms with Gasteiger partial charge < -0.3 is 15.2 Å². The Morgan fingerprint density at radius 1 is 1.23 bits per heavy atom. The fourth-order valence-electron chi connectivity index (χ4n) is 3.32. The minimum Gasteiger partial charge on any atom is -0.349 e. The van der Waals surface area contributed by atoms with E-state index in [1.165, 1.54) is 0 Å². The number of carbonyl (C=O) groups excluding carboxylic acids is 2. The predicted molar refractivity (Wildman–Crippen MR) is 118 cm³/mol. The topological polar surface area (TPSA) is 86.9 Å². The maximum atomic E-state index is 12.6. The van der Waals surface area contributed by atoms with E-state index in [1.54, 1.807) is 30.3 Å². The molecule has 2 N–H and O–H groups in total. The average Bonchev–Trinajstić information content (AvgIpc) is 3.48. The lowest BCUT2D eigenvalue weighted by molar-refractivity contribution is -0.112. The van der Waals surface area contributed by atoms with Gasteiger partial charge in [-0.15, -0.1) is 0 Å². The first-order valence-electron chi connectivity index (χ1n) is 10.3. The minimum absolute atomic E-state index is 0.0374. The lowest BCUT2D eigenvalue weighted by Crippen LogP contribution is -2.25. The molecule has 0 saturated heterocycles.